The predicted molar refractivity (Wildman–Crippen MR) is 80.9 cm³/mol. The number of hydrogen-bond donors (Lipinski definition) is 2. The number of halogens is 1. The first-order valence-electron chi connectivity index (χ1n) is 6.98. The molecule has 1 aromatic rings. The van der Waals surface area contributed by atoms with Crippen LogP contribution in [0, 0.1) is 11.7 Å². The molecule has 2 N–H and O–H groups in total. The third-order valence-corrected chi connectivity index (χ3v) is 5.82. The zero-order chi connectivity index (χ0) is 17.4. The minimum atomic E-state index is -3.52. The van der Waals surface area contributed by atoms with Gasteiger partial charge in [0.2, 0.25) is 10.0 Å². The van der Waals surface area contributed by atoms with Crippen molar-refractivity contribution in [1.29, 1.82) is 0 Å². The van der Waals surface area contributed by atoms with E-state index < -0.39 is 33.8 Å². The van der Waals surface area contributed by atoms with Gasteiger partial charge in [0.1, 0.15) is 11.6 Å². The number of sulfonamides is 1. The molecule has 0 bridgehead atoms. The Labute approximate surface area is 134 Å². The number of carbonyl (C=O) groups is 1. The first kappa shape index (κ1) is 17.6. The largest absolute Gasteiger partial charge is 0.508 e. The Morgan fingerprint density at radius 1 is 1.39 bits per heavy atom. The van der Waals surface area contributed by atoms with Crippen molar-refractivity contribution in [3.63, 3.8) is 0 Å². The summed E-state index contributed by atoms with van der Waals surface area (Å²) in [7, 11) is -0.741. The van der Waals surface area contributed by atoms with Gasteiger partial charge in [0.25, 0.3) is 5.91 Å². The Morgan fingerprint density at radius 2 is 2.04 bits per heavy atom. The fourth-order valence-corrected chi connectivity index (χ4v) is 3.62. The van der Waals surface area contributed by atoms with Gasteiger partial charge in [-0.15, -0.1) is 0 Å². The highest BCUT2D eigenvalue weighted by molar-refractivity contribution is 7.89. The standard InChI is InChI=1S/C14H19FN2O5S/c1-16(2)23(21,22)8-9-6-17(7-13(9)19)14(20)11-5-10(18)3-4-12(11)15/h3-5,9,13,18-19H,6-8H2,1-2H3/t9-,13+/m0/s1. The van der Waals surface area contributed by atoms with E-state index in [2.05, 4.69) is 0 Å². The average Bonchev–Trinajstić information content (AvgIpc) is 2.81. The van der Waals surface area contributed by atoms with E-state index >= 15 is 0 Å². The number of phenols is 1. The molecule has 128 valence electrons. The Kier molecular flexibility index (Phi) is 4.92. The van der Waals surface area contributed by atoms with Gasteiger partial charge in [-0.05, 0) is 18.2 Å². The van der Waals surface area contributed by atoms with Crippen molar-refractivity contribution in [3.05, 3.63) is 29.6 Å². The molecule has 1 aromatic carbocycles. The summed E-state index contributed by atoms with van der Waals surface area (Å²) in [5, 5.41) is 19.4. The number of amides is 1. The van der Waals surface area contributed by atoms with Crippen molar-refractivity contribution >= 4 is 15.9 Å². The fourth-order valence-electron chi connectivity index (χ4n) is 2.45. The summed E-state index contributed by atoms with van der Waals surface area (Å²) < 4.78 is 38.6. The van der Waals surface area contributed by atoms with Gasteiger partial charge >= 0.3 is 0 Å². The van der Waals surface area contributed by atoms with Crippen molar-refractivity contribution < 1.29 is 27.8 Å². The molecule has 7 nitrogen and oxygen atoms in total. The number of hydrogen-bond acceptors (Lipinski definition) is 5. The molecule has 2 atom stereocenters. The van der Waals surface area contributed by atoms with Gasteiger partial charge < -0.3 is 15.1 Å². The van der Waals surface area contributed by atoms with Crippen LogP contribution in [0.5, 0.6) is 5.75 Å². The number of carbonyl (C=O) groups excluding carboxylic acids is 1. The number of rotatable bonds is 4. The lowest BCUT2D eigenvalue weighted by molar-refractivity contribution is 0.0759. The lowest BCUT2D eigenvalue weighted by atomic mass is 10.1. The van der Waals surface area contributed by atoms with Gasteiger partial charge in [0, 0.05) is 33.1 Å². The smallest absolute Gasteiger partial charge is 0.257 e. The van der Waals surface area contributed by atoms with Crippen LogP contribution in [0.3, 0.4) is 0 Å². The lowest BCUT2D eigenvalue weighted by Crippen LogP contribution is -2.33. The Bertz CT molecular complexity index is 707. The Morgan fingerprint density at radius 3 is 2.65 bits per heavy atom. The van der Waals surface area contributed by atoms with E-state index in [4.69, 9.17) is 0 Å². The molecule has 9 heteroatoms. The van der Waals surface area contributed by atoms with E-state index in [1.54, 1.807) is 0 Å². The quantitative estimate of drug-likeness (QED) is 0.790. The molecule has 0 unspecified atom stereocenters. The summed E-state index contributed by atoms with van der Waals surface area (Å²) in [5.41, 5.74) is -0.312. The van der Waals surface area contributed by atoms with Crippen LogP contribution in [-0.2, 0) is 10.0 Å². The third-order valence-electron chi connectivity index (χ3n) is 3.86. The topological polar surface area (TPSA) is 98.2 Å². The molecular formula is C14H19FN2O5S. The van der Waals surface area contributed by atoms with E-state index in [1.807, 2.05) is 0 Å². The Hall–Kier alpha value is -1.71. The van der Waals surface area contributed by atoms with Crippen LogP contribution in [-0.4, -0.2) is 72.8 Å². The highest BCUT2D eigenvalue weighted by atomic mass is 32.2. The minimum Gasteiger partial charge on any atom is -0.508 e. The lowest BCUT2D eigenvalue weighted by Gasteiger charge is -2.18. The van der Waals surface area contributed by atoms with Crippen LogP contribution in [0.4, 0.5) is 4.39 Å². The molecule has 1 fully saturated rings. The minimum absolute atomic E-state index is 0.00215. The van der Waals surface area contributed by atoms with E-state index in [-0.39, 0.29) is 30.2 Å². The monoisotopic (exact) mass is 346 g/mol. The number of β-amino-alcohol motifs (C(OH)–C–C–N with tert-alkyl or cyclic N) is 1. The van der Waals surface area contributed by atoms with Crippen LogP contribution in [0.25, 0.3) is 0 Å². The van der Waals surface area contributed by atoms with E-state index in [0.717, 1.165) is 22.5 Å². The van der Waals surface area contributed by atoms with Crippen LogP contribution < -0.4 is 0 Å². The molecule has 1 saturated heterocycles. The van der Waals surface area contributed by atoms with Crippen molar-refractivity contribution in [2.45, 2.75) is 6.10 Å². The predicted octanol–water partition coefficient (Wildman–Crippen LogP) is -0.144. The molecule has 1 aliphatic rings. The normalized spacial score (nSPS) is 21.9. The van der Waals surface area contributed by atoms with Crippen molar-refractivity contribution in [2.75, 3.05) is 32.9 Å². The first-order chi connectivity index (χ1) is 10.6. The maximum absolute atomic E-state index is 13.7. The summed E-state index contributed by atoms with van der Waals surface area (Å²) in [5.74, 6) is -2.67. The van der Waals surface area contributed by atoms with Crippen molar-refractivity contribution in [3.8, 4) is 5.75 Å². The van der Waals surface area contributed by atoms with E-state index in [1.165, 1.54) is 19.0 Å². The number of aromatic hydroxyl groups is 1. The number of nitrogens with zero attached hydrogens (tertiary/aromatic N) is 2. The molecule has 1 amide bonds. The van der Waals surface area contributed by atoms with Gasteiger partial charge in [-0.2, -0.15) is 0 Å². The van der Waals surface area contributed by atoms with Gasteiger partial charge in [-0.1, -0.05) is 0 Å². The zero-order valence-corrected chi connectivity index (χ0v) is 13.6. The second-order valence-corrected chi connectivity index (χ2v) is 7.99. The molecule has 1 heterocycles. The molecule has 0 aromatic heterocycles. The third kappa shape index (κ3) is 3.80. The maximum Gasteiger partial charge on any atom is 0.257 e. The molecule has 0 aliphatic carbocycles. The van der Waals surface area contributed by atoms with Gasteiger partial charge in [-0.3, -0.25) is 4.79 Å². The molecule has 0 spiro atoms. The highest BCUT2D eigenvalue weighted by Gasteiger charge is 2.38. The van der Waals surface area contributed by atoms with Gasteiger partial charge in [0.15, 0.2) is 0 Å². The molecular weight excluding hydrogens is 327 g/mol. The highest BCUT2D eigenvalue weighted by Crippen LogP contribution is 2.24. The van der Waals surface area contributed by atoms with E-state index in [0.29, 0.717) is 0 Å². The number of aliphatic hydroxyl groups is 1. The van der Waals surface area contributed by atoms with Crippen molar-refractivity contribution in [1.82, 2.24) is 9.21 Å². The summed E-state index contributed by atoms with van der Waals surface area (Å²) in [6, 6.07) is 3.11. The average molecular weight is 346 g/mol. The zero-order valence-electron chi connectivity index (χ0n) is 12.8. The summed E-state index contributed by atoms with van der Waals surface area (Å²) in [6.07, 6.45) is -1.01. The van der Waals surface area contributed by atoms with Crippen LogP contribution in [0.15, 0.2) is 18.2 Å². The SMILES string of the molecule is CN(C)S(=O)(=O)C[C@@H]1CN(C(=O)c2cc(O)ccc2F)C[C@H]1O. The first-order valence-corrected chi connectivity index (χ1v) is 8.59. The summed E-state index contributed by atoms with van der Waals surface area (Å²) >= 11 is 0. The Balaban J connectivity index is 2.15. The number of phenolic OH excluding ortho intramolecular Hbond substituents is 1. The van der Waals surface area contributed by atoms with E-state index in [9.17, 15) is 27.8 Å². The summed E-state index contributed by atoms with van der Waals surface area (Å²) in [6.45, 7) is -0.0797. The maximum atomic E-state index is 13.7. The number of aliphatic hydroxyl groups excluding tert-OH is 1. The molecule has 1 aliphatic heterocycles. The van der Waals surface area contributed by atoms with Gasteiger partial charge in [-0.25, -0.2) is 17.1 Å². The number of benzene rings is 1. The summed E-state index contributed by atoms with van der Waals surface area (Å²) in [4.78, 5) is 13.5. The van der Waals surface area contributed by atoms with Crippen LogP contribution in [0.1, 0.15) is 10.4 Å². The second kappa shape index (κ2) is 6.42. The van der Waals surface area contributed by atoms with Crippen LogP contribution in [0.2, 0.25) is 0 Å². The molecule has 23 heavy (non-hydrogen) atoms. The van der Waals surface area contributed by atoms with Gasteiger partial charge in [0.05, 0.1) is 17.4 Å². The molecule has 0 radical (unpaired) electrons. The second-order valence-electron chi connectivity index (χ2n) is 5.76. The molecule has 0 saturated carbocycles. The fraction of sp³-hybridized carbons (Fsp3) is 0.500. The molecule has 2 rings (SSSR count). The van der Waals surface area contributed by atoms with Crippen LogP contribution >= 0.6 is 0 Å². The van der Waals surface area contributed by atoms with Crippen molar-refractivity contribution in [2.24, 2.45) is 5.92 Å². The number of likely N-dealkylation sites (tertiary alicyclic amines) is 1.